The molecule has 0 saturated carbocycles. The number of para-hydroxylation sites is 1. The van der Waals surface area contributed by atoms with Crippen molar-refractivity contribution in [2.75, 3.05) is 25.5 Å². The zero-order chi connectivity index (χ0) is 23.4. The van der Waals surface area contributed by atoms with Gasteiger partial charge in [0.1, 0.15) is 5.75 Å². The third-order valence-corrected chi connectivity index (χ3v) is 5.59. The van der Waals surface area contributed by atoms with Crippen LogP contribution >= 0.6 is 0 Å². The summed E-state index contributed by atoms with van der Waals surface area (Å²) in [6, 6.07) is 11.5. The van der Waals surface area contributed by atoms with E-state index >= 15 is 0 Å². The molecule has 2 aromatic rings. The first-order chi connectivity index (χ1) is 15.1. The van der Waals surface area contributed by atoms with Crippen molar-refractivity contribution in [1.82, 2.24) is 10.2 Å². The van der Waals surface area contributed by atoms with Crippen molar-refractivity contribution in [2.45, 2.75) is 32.5 Å². The Morgan fingerprint density at radius 3 is 2.62 bits per heavy atom. The Morgan fingerprint density at radius 1 is 1.16 bits per heavy atom. The van der Waals surface area contributed by atoms with E-state index in [1.807, 2.05) is 18.2 Å². The van der Waals surface area contributed by atoms with Crippen molar-refractivity contribution < 1.29 is 27.5 Å². The first-order valence-corrected chi connectivity index (χ1v) is 10.3. The van der Waals surface area contributed by atoms with Gasteiger partial charge in [-0.25, -0.2) is 4.79 Å². The van der Waals surface area contributed by atoms with Crippen LogP contribution in [0.4, 0.5) is 23.7 Å². The lowest BCUT2D eigenvalue weighted by Crippen LogP contribution is -2.52. The number of piperidine rings is 1. The van der Waals surface area contributed by atoms with Gasteiger partial charge in [0.2, 0.25) is 5.91 Å². The van der Waals surface area contributed by atoms with Crippen LogP contribution in [0, 0.1) is 5.41 Å². The normalized spacial score (nSPS) is 18.7. The molecule has 1 fully saturated rings. The minimum absolute atomic E-state index is 0.108. The number of likely N-dealkylation sites (tertiary alicyclic amines) is 1. The predicted molar refractivity (Wildman–Crippen MR) is 114 cm³/mol. The SMILES string of the molecule is COc1cccc(CNC(=O)[C@]2(C)CCCN(C(=O)Nc3ccccc3C(F)(F)F)C2)c1. The molecule has 0 unspecified atom stereocenters. The highest BCUT2D eigenvalue weighted by Crippen LogP contribution is 2.35. The van der Waals surface area contributed by atoms with Crippen molar-refractivity contribution >= 4 is 17.6 Å². The summed E-state index contributed by atoms with van der Waals surface area (Å²) in [5, 5.41) is 5.25. The van der Waals surface area contributed by atoms with Crippen LogP contribution in [-0.2, 0) is 17.5 Å². The van der Waals surface area contributed by atoms with Gasteiger partial charge in [-0.15, -0.1) is 0 Å². The van der Waals surface area contributed by atoms with Gasteiger partial charge in [0.15, 0.2) is 0 Å². The van der Waals surface area contributed by atoms with Crippen molar-refractivity contribution in [3.8, 4) is 5.75 Å². The Bertz CT molecular complexity index is 980. The Morgan fingerprint density at radius 2 is 1.91 bits per heavy atom. The molecule has 3 amide bonds. The minimum atomic E-state index is -4.58. The topological polar surface area (TPSA) is 70.7 Å². The highest BCUT2D eigenvalue weighted by Gasteiger charge is 2.40. The summed E-state index contributed by atoms with van der Waals surface area (Å²) in [6.45, 7) is 2.53. The molecular weight excluding hydrogens is 423 g/mol. The van der Waals surface area contributed by atoms with E-state index in [0.717, 1.165) is 11.6 Å². The summed E-state index contributed by atoms with van der Waals surface area (Å²) in [5.74, 6) is 0.469. The van der Waals surface area contributed by atoms with Gasteiger partial charge in [0.05, 0.1) is 23.8 Å². The molecular formula is C23H26F3N3O3. The first kappa shape index (κ1) is 23.4. The lowest BCUT2D eigenvalue weighted by molar-refractivity contribution is -0.137. The molecule has 1 aliphatic rings. The van der Waals surface area contributed by atoms with Crippen LogP contribution < -0.4 is 15.4 Å². The molecule has 1 aliphatic heterocycles. The van der Waals surface area contributed by atoms with E-state index in [-0.39, 0.29) is 18.1 Å². The second-order valence-electron chi connectivity index (χ2n) is 8.09. The number of nitrogens with one attached hydrogen (secondary N) is 2. The van der Waals surface area contributed by atoms with Gasteiger partial charge in [-0.2, -0.15) is 13.2 Å². The molecule has 6 nitrogen and oxygen atoms in total. The fraction of sp³-hybridized carbons (Fsp3) is 0.391. The van der Waals surface area contributed by atoms with Crippen LogP contribution in [0.1, 0.15) is 30.9 Å². The van der Waals surface area contributed by atoms with E-state index in [1.165, 1.54) is 23.1 Å². The van der Waals surface area contributed by atoms with Gasteiger partial charge in [0.25, 0.3) is 0 Å². The number of methoxy groups -OCH3 is 1. The molecule has 1 heterocycles. The molecule has 1 atom stereocenters. The third-order valence-electron chi connectivity index (χ3n) is 5.59. The second-order valence-corrected chi connectivity index (χ2v) is 8.09. The van der Waals surface area contributed by atoms with Gasteiger partial charge >= 0.3 is 12.2 Å². The molecule has 9 heteroatoms. The summed E-state index contributed by atoms with van der Waals surface area (Å²) in [7, 11) is 1.56. The van der Waals surface area contributed by atoms with Crippen molar-refractivity contribution in [2.24, 2.45) is 5.41 Å². The molecule has 0 aromatic heterocycles. The number of alkyl halides is 3. The summed E-state index contributed by atoms with van der Waals surface area (Å²) in [6.07, 6.45) is -3.45. The summed E-state index contributed by atoms with van der Waals surface area (Å²) in [4.78, 5) is 27.0. The number of urea groups is 1. The number of amides is 3. The van der Waals surface area contributed by atoms with Crippen LogP contribution in [0.25, 0.3) is 0 Å². The monoisotopic (exact) mass is 449 g/mol. The molecule has 0 aliphatic carbocycles. The molecule has 0 bridgehead atoms. The Hall–Kier alpha value is -3.23. The first-order valence-electron chi connectivity index (χ1n) is 10.3. The lowest BCUT2D eigenvalue weighted by Gasteiger charge is -2.39. The number of carbonyl (C=O) groups excluding carboxylic acids is 2. The predicted octanol–water partition coefficient (Wildman–Crippen LogP) is 4.66. The number of halogens is 3. The molecule has 2 N–H and O–H groups in total. The quantitative estimate of drug-likeness (QED) is 0.697. The molecule has 0 spiro atoms. The van der Waals surface area contributed by atoms with E-state index in [4.69, 9.17) is 4.74 Å². The molecule has 3 rings (SSSR count). The van der Waals surface area contributed by atoms with Crippen LogP contribution in [0.15, 0.2) is 48.5 Å². The number of ether oxygens (including phenoxy) is 1. The Balaban J connectivity index is 1.64. The standard InChI is InChI=1S/C23H26F3N3O3/c1-22(20(30)27-14-16-7-5-8-17(13-16)32-2)11-6-12-29(15-22)21(31)28-19-10-4-3-9-18(19)23(24,25)26/h3-5,7-10,13H,6,11-12,14-15H2,1-2H3,(H,27,30)(H,28,31)/t22-/m1/s1. The van der Waals surface area contributed by atoms with Crippen LogP contribution in [0.5, 0.6) is 5.75 Å². The average Bonchev–Trinajstić information content (AvgIpc) is 2.77. The number of nitrogens with zero attached hydrogens (tertiary/aromatic N) is 1. The minimum Gasteiger partial charge on any atom is -0.497 e. The van der Waals surface area contributed by atoms with Crippen molar-refractivity contribution in [3.05, 3.63) is 59.7 Å². The maximum atomic E-state index is 13.2. The van der Waals surface area contributed by atoms with Crippen LogP contribution in [0.2, 0.25) is 0 Å². The fourth-order valence-electron chi connectivity index (χ4n) is 3.81. The fourth-order valence-corrected chi connectivity index (χ4v) is 3.81. The zero-order valence-electron chi connectivity index (χ0n) is 18.0. The van der Waals surface area contributed by atoms with E-state index in [9.17, 15) is 22.8 Å². The summed E-state index contributed by atoms with van der Waals surface area (Å²) >= 11 is 0. The molecule has 32 heavy (non-hydrogen) atoms. The number of anilines is 1. The van der Waals surface area contributed by atoms with Gasteiger partial charge in [-0.1, -0.05) is 24.3 Å². The van der Waals surface area contributed by atoms with Gasteiger partial charge < -0.3 is 20.3 Å². The smallest absolute Gasteiger partial charge is 0.418 e. The highest BCUT2D eigenvalue weighted by molar-refractivity contribution is 5.91. The van der Waals surface area contributed by atoms with E-state index < -0.39 is 23.2 Å². The average molecular weight is 449 g/mol. The van der Waals surface area contributed by atoms with Crippen molar-refractivity contribution in [3.63, 3.8) is 0 Å². The Kier molecular flexibility index (Phi) is 6.96. The Labute approximate surface area is 184 Å². The van der Waals surface area contributed by atoms with Gasteiger partial charge in [-0.05, 0) is 49.6 Å². The number of benzene rings is 2. The number of rotatable bonds is 5. The number of hydrogen-bond acceptors (Lipinski definition) is 3. The van der Waals surface area contributed by atoms with E-state index in [2.05, 4.69) is 10.6 Å². The van der Waals surface area contributed by atoms with Crippen molar-refractivity contribution in [1.29, 1.82) is 0 Å². The lowest BCUT2D eigenvalue weighted by atomic mass is 9.81. The van der Waals surface area contributed by atoms with Crippen LogP contribution in [0.3, 0.4) is 0 Å². The van der Waals surface area contributed by atoms with Gasteiger partial charge in [0, 0.05) is 19.6 Å². The largest absolute Gasteiger partial charge is 0.497 e. The maximum Gasteiger partial charge on any atom is 0.418 e. The van der Waals surface area contributed by atoms with Gasteiger partial charge in [-0.3, -0.25) is 4.79 Å². The zero-order valence-corrected chi connectivity index (χ0v) is 18.0. The van der Waals surface area contributed by atoms with E-state index in [1.54, 1.807) is 20.1 Å². The molecule has 1 saturated heterocycles. The summed E-state index contributed by atoms with van der Waals surface area (Å²) < 4.78 is 44.8. The van der Waals surface area contributed by atoms with Crippen LogP contribution in [-0.4, -0.2) is 37.0 Å². The summed E-state index contributed by atoms with van der Waals surface area (Å²) in [5.41, 5.74) is -1.20. The number of hydrogen-bond donors (Lipinski definition) is 2. The number of carbonyl (C=O) groups is 2. The molecule has 0 radical (unpaired) electrons. The molecule has 172 valence electrons. The maximum absolute atomic E-state index is 13.2. The third kappa shape index (κ3) is 5.52. The highest BCUT2D eigenvalue weighted by atomic mass is 19.4. The molecule has 2 aromatic carbocycles. The second kappa shape index (κ2) is 9.50. The van der Waals surface area contributed by atoms with E-state index in [0.29, 0.717) is 31.7 Å².